The van der Waals surface area contributed by atoms with Crippen LogP contribution in [0.3, 0.4) is 0 Å². The van der Waals surface area contributed by atoms with E-state index in [4.69, 9.17) is 13.8 Å². The average Bonchev–Trinajstić information content (AvgIpc) is 3.63. The maximum atomic E-state index is 6.48. The lowest BCUT2D eigenvalue weighted by Gasteiger charge is -2.25. The number of rotatable bonds is 5. The van der Waals surface area contributed by atoms with Crippen LogP contribution in [0.15, 0.2) is 154 Å². The maximum absolute atomic E-state index is 6.48. The van der Waals surface area contributed by atoms with Gasteiger partial charge in [-0.15, -0.1) is 0 Å². The Morgan fingerprint density at radius 1 is 0.463 bits per heavy atom. The Kier molecular flexibility index (Phi) is 5.42. The van der Waals surface area contributed by atoms with Gasteiger partial charge in [0.05, 0.1) is 5.56 Å². The highest BCUT2D eigenvalue weighted by Crippen LogP contribution is 2.43. The molecule has 8 rings (SSSR count). The minimum absolute atomic E-state index is 0.592. The summed E-state index contributed by atoms with van der Waals surface area (Å²) in [7, 11) is 0. The van der Waals surface area contributed by atoms with Gasteiger partial charge in [0.2, 0.25) is 5.89 Å². The molecule has 8 aromatic rings. The van der Waals surface area contributed by atoms with Gasteiger partial charge in [-0.25, -0.2) is 4.98 Å². The zero-order valence-electron chi connectivity index (χ0n) is 22.1. The number of benzene rings is 6. The van der Waals surface area contributed by atoms with Crippen LogP contribution in [0.2, 0.25) is 0 Å². The van der Waals surface area contributed by atoms with Crippen molar-refractivity contribution in [3.8, 4) is 22.6 Å². The molecular formula is C37H24N2O2. The van der Waals surface area contributed by atoms with Gasteiger partial charge in [-0.1, -0.05) is 84.9 Å². The second kappa shape index (κ2) is 9.54. The highest BCUT2D eigenvalue weighted by atomic mass is 16.4. The molecule has 2 heterocycles. The average molecular weight is 529 g/mol. The standard InChI is InChI=1S/C37H24N2O2/c1-4-12-26(13-5-1)37-38-32-24-31-30-18-10-11-19-33(30)40-35(31)34(36(32)41-37)25-20-22-29(23-21-25)39(27-14-6-2-7-15-27)28-16-8-3-9-17-28/h1-24H. The molecule has 0 aliphatic rings. The summed E-state index contributed by atoms with van der Waals surface area (Å²) < 4.78 is 13.0. The summed E-state index contributed by atoms with van der Waals surface area (Å²) in [5.74, 6) is 0.592. The van der Waals surface area contributed by atoms with Crippen molar-refractivity contribution in [3.63, 3.8) is 0 Å². The summed E-state index contributed by atoms with van der Waals surface area (Å²) >= 11 is 0. The molecule has 41 heavy (non-hydrogen) atoms. The fraction of sp³-hybridized carbons (Fsp3) is 0. The van der Waals surface area contributed by atoms with Gasteiger partial charge in [0.15, 0.2) is 5.58 Å². The third-order valence-corrected chi connectivity index (χ3v) is 7.49. The van der Waals surface area contributed by atoms with Gasteiger partial charge >= 0.3 is 0 Å². The van der Waals surface area contributed by atoms with E-state index in [0.29, 0.717) is 11.5 Å². The Labute approximate surface area is 236 Å². The summed E-state index contributed by atoms with van der Waals surface area (Å²) in [6.07, 6.45) is 0. The lowest BCUT2D eigenvalue weighted by Crippen LogP contribution is -2.09. The molecule has 0 N–H and O–H groups in total. The van der Waals surface area contributed by atoms with Crippen LogP contribution in [-0.4, -0.2) is 4.98 Å². The van der Waals surface area contributed by atoms with E-state index in [1.54, 1.807) is 0 Å². The molecule has 0 amide bonds. The lowest BCUT2D eigenvalue weighted by atomic mass is 10.0. The molecule has 6 aromatic carbocycles. The van der Waals surface area contributed by atoms with Crippen LogP contribution < -0.4 is 4.90 Å². The first kappa shape index (κ1) is 23.3. The van der Waals surface area contributed by atoms with E-state index in [-0.39, 0.29) is 0 Å². The van der Waals surface area contributed by atoms with Gasteiger partial charge in [-0.3, -0.25) is 0 Å². The number of hydrogen-bond acceptors (Lipinski definition) is 4. The Balaban J connectivity index is 1.33. The van der Waals surface area contributed by atoms with Gasteiger partial charge in [-0.2, -0.15) is 0 Å². The molecule has 0 unspecified atom stereocenters. The molecule has 4 heteroatoms. The summed E-state index contributed by atoms with van der Waals surface area (Å²) in [4.78, 5) is 7.17. The first-order valence-corrected chi connectivity index (χ1v) is 13.6. The van der Waals surface area contributed by atoms with Gasteiger partial charge < -0.3 is 13.7 Å². The maximum Gasteiger partial charge on any atom is 0.227 e. The van der Waals surface area contributed by atoms with Crippen LogP contribution in [0.1, 0.15) is 0 Å². The van der Waals surface area contributed by atoms with Gasteiger partial charge in [0, 0.05) is 33.4 Å². The van der Waals surface area contributed by atoms with Crippen LogP contribution >= 0.6 is 0 Å². The number of furan rings is 1. The van der Waals surface area contributed by atoms with Crippen LogP contribution in [0.4, 0.5) is 17.1 Å². The van der Waals surface area contributed by atoms with E-state index in [0.717, 1.165) is 61.2 Å². The molecular weight excluding hydrogens is 504 g/mol. The first-order chi connectivity index (χ1) is 20.3. The molecule has 0 fully saturated rings. The van der Waals surface area contributed by atoms with Crippen LogP contribution in [0, 0.1) is 0 Å². The van der Waals surface area contributed by atoms with Crippen molar-refractivity contribution in [1.29, 1.82) is 0 Å². The molecule has 2 aromatic heterocycles. The number of nitrogens with zero attached hydrogens (tertiary/aromatic N) is 2. The minimum Gasteiger partial charge on any atom is -0.455 e. The zero-order valence-corrected chi connectivity index (χ0v) is 22.1. The predicted octanol–water partition coefficient (Wildman–Crippen LogP) is 10.5. The van der Waals surface area contributed by atoms with E-state index in [1.807, 2.05) is 60.7 Å². The summed E-state index contributed by atoms with van der Waals surface area (Å²) in [6, 6.07) is 49.6. The fourth-order valence-electron chi connectivity index (χ4n) is 5.59. The molecule has 0 spiro atoms. The predicted molar refractivity (Wildman–Crippen MR) is 167 cm³/mol. The Morgan fingerprint density at radius 2 is 1.05 bits per heavy atom. The van der Waals surface area contributed by atoms with Crippen LogP contribution in [0.25, 0.3) is 55.6 Å². The smallest absolute Gasteiger partial charge is 0.227 e. The van der Waals surface area contributed by atoms with Crippen molar-refractivity contribution >= 4 is 50.1 Å². The molecule has 4 nitrogen and oxygen atoms in total. The number of anilines is 3. The second-order valence-corrected chi connectivity index (χ2v) is 10.0. The fourth-order valence-corrected chi connectivity index (χ4v) is 5.59. The van der Waals surface area contributed by atoms with Gasteiger partial charge in [0.25, 0.3) is 0 Å². The van der Waals surface area contributed by atoms with E-state index in [2.05, 4.69) is 89.8 Å². The molecule has 0 aliphatic carbocycles. The minimum atomic E-state index is 0.592. The van der Waals surface area contributed by atoms with Crippen molar-refractivity contribution in [2.75, 3.05) is 4.90 Å². The topological polar surface area (TPSA) is 42.4 Å². The number of para-hydroxylation sites is 3. The molecule has 194 valence electrons. The number of oxazole rings is 1. The van der Waals surface area contributed by atoms with Crippen molar-refractivity contribution in [2.24, 2.45) is 0 Å². The van der Waals surface area contributed by atoms with Crippen molar-refractivity contribution in [2.45, 2.75) is 0 Å². The van der Waals surface area contributed by atoms with Gasteiger partial charge in [0.1, 0.15) is 16.7 Å². The Hall–Kier alpha value is -5.61. The highest BCUT2D eigenvalue weighted by molar-refractivity contribution is 6.16. The molecule has 0 aliphatic heterocycles. The zero-order chi connectivity index (χ0) is 27.2. The van der Waals surface area contributed by atoms with Crippen molar-refractivity contribution in [1.82, 2.24) is 4.98 Å². The van der Waals surface area contributed by atoms with Crippen molar-refractivity contribution < 1.29 is 8.83 Å². The molecule has 0 saturated heterocycles. The summed E-state index contributed by atoms with van der Waals surface area (Å²) in [5, 5.41) is 2.08. The van der Waals surface area contributed by atoms with E-state index < -0.39 is 0 Å². The summed E-state index contributed by atoms with van der Waals surface area (Å²) in [6.45, 7) is 0. The van der Waals surface area contributed by atoms with E-state index in [9.17, 15) is 0 Å². The Bertz CT molecular complexity index is 2090. The quantitative estimate of drug-likeness (QED) is 0.223. The largest absolute Gasteiger partial charge is 0.455 e. The molecule has 0 bridgehead atoms. The normalized spacial score (nSPS) is 11.4. The lowest BCUT2D eigenvalue weighted by molar-refractivity contribution is 0.619. The van der Waals surface area contributed by atoms with Crippen molar-refractivity contribution in [3.05, 3.63) is 146 Å². The number of fused-ring (bicyclic) bond motifs is 4. The Morgan fingerprint density at radius 3 is 1.73 bits per heavy atom. The van der Waals surface area contributed by atoms with E-state index in [1.165, 1.54) is 0 Å². The van der Waals surface area contributed by atoms with E-state index >= 15 is 0 Å². The van der Waals surface area contributed by atoms with Crippen LogP contribution in [0.5, 0.6) is 0 Å². The second-order valence-electron chi connectivity index (χ2n) is 10.0. The number of hydrogen-bond donors (Lipinski definition) is 0. The van der Waals surface area contributed by atoms with Crippen LogP contribution in [-0.2, 0) is 0 Å². The third-order valence-electron chi connectivity index (χ3n) is 7.49. The highest BCUT2D eigenvalue weighted by Gasteiger charge is 2.22. The first-order valence-electron chi connectivity index (χ1n) is 13.6. The molecule has 0 atom stereocenters. The molecule has 0 saturated carbocycles. The molecule has 0 radical (unpaired) electrons. The third kappa shape index (κ3) is 3.97. The number of aromatic nitrogens is 1. The van der Waals surface area contributed by atoms with Gasteiger partial charge in [-0.05, 0) is 66.2 Å². The SMILES string of the molecule is c1ccc(-c2nc3cc4c(oc5ccccc54)c(-c4ccc(N(c5ccccc5)c5ccccc5)cc4)c3o2)cc1. The summed E-state index contributed by atoms with van der Waals surface area (Å²) in [5.41, 5.74) is 9.24. The monoisotopic (exact) mass is 528 g/mol.